The standard InChI is InChI=1S/C26H26N2O7/c1-2-32-23-17-20(13-14-22(23)34-16-15-33-21-11-7-4-8-12-21)26(31)35-18-24(29)27-28-25(30)19-9-5-3-6-10-19/h3-14,17H,2,15-16,18H2,1H3,(H,27,29)(H,28,30). The van der Waals surface area contributed by atoms with E-state index < -0.39 is 24.4 Å². The lowest BCUT2D eigenvalue weighted by Crippen LogP contribution is -2.43. The van der Waals surface area contributed by atoms with E-state index in [0.717, 1.165) is 5.75 Å². The molecule has 0 bridgehead atoms. The highest BCUT2D eigenvalue weighted by Crippen LogP contribution is 2.29. The lowest BCUT2D eigenvalue weighted by atomic mass is 10.2. The maximum atomic E-state index is 12.4. The van der Waals surface area contributed by atoms with Crippen molar-refractivity contribution in [3.8, 4) is 17.2 Å². The smallest absolute Gasteiger partial charge is 0.338 e. The molecule has 2 N–H and O–H groups in total. The van der Waals surface area contributed by atoms with E-state index in [1.54, 1.807) is 43.3 Å². The number of rotatable bonds is 11. The number of benzene rings is 3. The molecule has 3 aromatic rings. The molecule has 0 fully saturated rings. The summed E-state index contributed by atoms with van der Waals surface area (Å²) in [4.78, 5) is 36.3. The summed E-state index contributed by atoms with van der Waals surface area (Å²) in [5.74, 6) is -0.359. The fraction of sp³-hybridized carbons (Fsp3) is 0.192. The van der Waals surface area contributed by atoms with E-state index >= 15 is 0 Å². The van der Waals surface area contributed by atoms with Gasteiger partial charge in [0.1, 0.15) is 19.0 Å². The molecule has 0 spiro atoms. The van der Waals surface area contributed by atoms with Crippen LogP contribution in [0, 0.1) is 0 Å². The Morgan fingerprint density at radius 3 is 2.11 bits per heavy atom. The van der Waals surface area contributed by atoms with E-state index in [9.17, 15) is 14.4 Å². The molecule has 3 aromatic carbocycles. The van der Waals surface area contributed by atoms with E-state index in [1.807, 2.05) is 30.3 Å². The van der Waals surface area contributed by atoms with Gasteiger partial charge in [0.25, 0.3) is 11.8 Å². The number of hydrogen-bond acceptors (Lipinski definition) is 7. The second-order valence-electron chi connectivity index (χ2n) is 7.05. The quantitative estimate of drug-likeness (QED) is 0.247. The number of nitrogens with one attached hydrogen (secondary N) is 2. The summed E-state index contributed by atoms with van der Waals surface area (Å²) < 4.78 is 21.9. The predicted octanol–water partition coefficient (Wildman–Crippen LogP) is 3.16. The van der Waals surface area contributed by atoms with Gasteiger partial charge in [-0.3, -0.25) is 20.4 Å². The molecular weight excluding hydrogens is 452 g/mol. The Kier molecular flexibility index (Phi) is 9.50. The number of carbonyl (C=O) groups is 3. The minimum atomic E-state index is -0.727. The summed E-state index contributed by atoms with van der Waals surface area (Å²) in [6.07, 6.45) is 0. The third-order valence-electron chi connectivity index (χ3n) is 4.52. The fourth-order valence-corrected chi connectivity index (χ4v) is 2.89. The van der Waals surface area contributed by atoms with Crippen LogP contribution in [0.1, 0.15) is 27.6 Å². The summed E-state index contributed by atoms with van der Waals surface area (Å²) in [6.45, 7) is 2.19. The first kappa shape index (κ1) is 25.1. The molecule has 0 saturated carbocycles. The summed E-state index contributed by atoms with van der Waals surface area (Å²) >= 11 is 0. The molecule has 0 saturated heterocycles. The third kappa shape index (κ3) is 8.08. The van der Waals surface area contributed by atoms with E-state index in [-0.39, 0.29) is 12.2 Å². The maximum absolute atomic E-state index is 12.4. The second kappa shape index (κ2) is 13.2. The Bertz CT molecular complexity index is 1120. The number of para-hydroxylation sites is 1. The fourth-order valence-electron chi connectivity index (χ4n) is 2.89. The van der Waals surface area contributed by atoms with E-state index in [2.05, 4.69) is 10.9 Å². The molecule has 0 aliphatic rings. The summed E-state index contributed by atoms with van der Waals surface area (Å²) in [6, 6.07) is 22.3. The van der Waals surface area contributed by atoms with Crippen LogP contribution in [-0.2, 0) is 9.53 Å². The minimum absolute atomic E-state index is 0.183. The molecule has 182 valence electrons. The van der Waals surface area contributed by atoms with Crippen LogP contribution in [0.4, 0.5) is 0 Å². The average molecular weight is 479 g/mol. The summed E-state index contributed by atoms with van der Waals surface area (Å²) in [5.41, 5.74) is 5.01. The molecule has 2 amide bonds. The zero-order chi connectivity index (χ0) is 24.9. The van der Waals surface area contributed by atoms with Crippen LogP contribution in [0.15, 0.2) is 78.9 Å². The molecule has 0 aromatic heterocycles. The zero-order valence-corrected chi connectivity index (χ0v) is 19.2. The van der Waals surface area contributed by atoms with Crippen molar-refractivity contribution in [1.29, 1.82) is 0 Å². The lowest BCUT2D eigenvalue weighted by Gasteiger charge is -2.14. The normalized spacial score (nSPS) is 10.1. The molecule has 0 heterocycles. The van der Waals surface area contributed by atoms with Crippen molar-refractivity contribution >= 4 is 17.8 Å². The van der Waals surface area contributed by atoms with Crippen molar-refractivity contribution in [2.75, 3.05) is 26.4 Å². The third-order valence-corrected chi connectivity index (χ3v) is 4.52. The number of ether oxygens (including phenoxy) is 4. The number of carbonyl (C=O) groups excluding carboxylic acids is 3. The molecule has 9 heteroatoms. The van der Waals surface area contributed by atoms with Gasteiger partial charge < -0.3 is 18.9 Å². The minimum Gasteiger partial charge on any atom is -0.490 e. The van der Waals surface area contributed by atoms with Crippen molar-refractivity contribution in [2.24, 2.45) is 0 Å². The van der Waals surface area contributed by atoms with Gasteiger partial charge in [-0.1, -0.05) is 36.4 Å². The number of hydrazine groups is 1. The first-order valence-electron chi connectivity index (χ1n) is 11.0. The molecule has 35 heavy (non-hydrogen) atoms. The van der Waals surface area contributed by atoms with Gasteiger partial charge in [-0.2, -0.15) is 0 Å². The van der Waals surface area contributed by atoms with Crippen molar-refractivity contribution in [2.45, 2.75) is 6.92 Å². The highest BCUT2D eigenvalue weighted by molar-refractivity contribution is 5.96. The van der Waals surface area contributed by atoms with E-state index in [0.29, 0.717) is 30.3 Å². The van der Waals surface area contributed by atoms with Gasteiger partial charge in [-0.25, -0.2) is 4.79 Å². The molecule has 0 aliphatic heterocycles. The van der Waals surface area contributed by atoms with Gasteiger partial charge in [0.2, 0.25) is 0 Å². The monoisotopic (exact) mass is 478 g/mol. The molecule has 0 atom stereocenters. The number of amides is 2. The predicted molar refractivity (Wildman–Crippen MR) is 127 cm³/mol. The van der Waals surface area contributed by atoms with Crippen molar-refractivity contribution in [3.05, 3.63) is 90.0 Å². The van der Waals surface area contributed by atoms with E-state index in [4.69, 9.17) is 18.9 Å². The van der Waals surface area contributed by atoms with Gasteiger partial charge in [0, 0.05) is 5.56 Å². The Labute approximate surface area is 202 Å². The topological polar surface area (TPSA) is 112 Å². The lowest BCUT2D eigenvalue weighted by molar-refractivity contribution is -0.125. The number of esters is 1. The van der Waals surface area contributed by atoms with Crippen molar-refractivity contribution in [1.82, 2.24) is 10.9 Å². The summed E-state index contributed by atoms with van der Waals surface area (Å²) in [7, 11) is 0. The van der Waals surface area contributed by atoms with Gasteiger partial charge in [-0.05, 0) is 49.4 Å². The Hall–Kier alpha value is -4.53. The molecule has 0 aliphatic carbocycles. The molecule has 0 unspecified atom stereocenters. The van der Waals surface area contributed by atoms with Gasteiger partial charge >= 0.3 is 5.97 Å². The second-order valence-corrected chi connectivity index (χ2v) is 7.05. The van der Waals surface area contributed by atoms with E-state index in [1.165, 1.54) is 12.1 Å². The van der Waals surface area contributed by atoms with Crippen LogP contribution in [0.5, 0.6) is 17.2 Å². The molecular formula is C26H26N2O7. The molecule has 3 rings (SSSR count). The van der Waals surface area contributed by atoms with Gasteiger partial charge in [0.15, 0.2) is 18.1 Å². The Morgan fingerprint density at radius 2 is 1.40 bits per heavy atom. The largest absolute Gasteiger partial charge is 0.490 e. The maximum Gasteiger partial charge on any atom is 0.338 e. The van der Waals surface area contributed by atoms with Crippen LogP contribution in [0.3, 0.4) is 0 Å². The zero-order valence-electron chi connectivity index (χ0n) is 19.2. The SMILES string of the molecule is CCOc1cc(C(=O)OCC(=O)NNC(=O)c2ccccc2)ccc1OCCOc1ccccc1. The van der Waals surface area contributed by atoms with Gasteiger partial charge in [-0.15, -0.1) is 0 Å². The van der Waals surface area contributed by atoms with Crippen LogP contribution in [-0.4, -0.2) is 44.2 Å². The Balaban J connectivity index is 1.47. The van der Waals surface area contributed by atoms with Crippen molar-refractivity contribution < 1.29 is 33.3 Å². The van der Waals surface area contributed by atoms with Crippen LogP contribution in [0.25, 0.3) is 0 Å². The van der Waals surface area contributed by atoms with Crippen LogP contribution < -0.4 is 25.1 Å². The van der Waals surface area contributed by atoms with Crippen molar-refractivity contribution in [3.63, 3.8) is 0 Å². The first-order valence-corrected chi connectivity index (χ1v) is 11.0. The molecule has 0 radical (unpaired) electrons. The Morgan fingerprint density at radius 1 is 0.714 bits per heavy atom. The van der Waals surface area contributed by atoms with Gasteiger partial charge in [0.05, 0.1) is 12.2 Å². The molecule has 9 nitrogen and oxygen atoms in total. The first-order chi connectivity index (χ1) is 17.1. The summed E-state index contributed by atoms with van der Waals surface area (Å²) in [5, 5.41) is 0. The number of hydrogen-bond donors (Lipinski definition) is 2. The highest BCUT2D eigenvalue weighted by Gasteiger charge is 2.15. The van der Waals surface area contributed by atoms with Crippen LogP contribution >= 0.6 is 0 Å². The average Bonchev–Trinajstić information content (AvgIpc) is 2.90. The van der Waals surface area contributed by atoms with Crippen LogP contribution in [0.2, 0.25) is 0 Å². The highest BCUT2D eigenvalue weighted by atomic mass is 16.5.